The number of anilines is 1. The highest BCUT2D eigenvalue weighted by Gasteiger charge is 2.11. The Morgan fingerprint density at radius 1 is 1.11 bits per heavy atom. The smallest absolute Gasteiger partial charge is 0.223 e. The number of nitrogens with two attached hydrogens (primary N) is 1. The van der Waals surface area contributed by atoms with Gasteiger partial charge in [0.25, 0.3) is 0 Å². The topological polar surface area (TPSA) is 73.9 Å². The largest absolute Gasteiger partial charge is 0.480 e. The number of hydrogen-bond acceptors (Lipinski definition) is 5. The van der Waals surface area contributed by atoms with Gasteiger partial charge in [-0.05, 0) is 12.1 Å². The molecular weight excluding hydrogens is 240 g/mol. The molecule has 2 N–H and O–H groups in total. The van der Waals surface area contributed by atoms with E-state index >= 15 is 0 Å². The predicted molar refractivity (Wildman–Crippen MR) is 73.7 cm³/mol. The van der Waals surface area contributed by atoms with E-state index in [1.54, 1.807) is 13.3 Å². The van der Waals surface area contributed by atoms with Crippen molar-refractivity contribution in [2.24, 2.45) is 0 Å². The average molecular weight is 252 g/mol. The van der Waals surface area contributed by atoms with Crippen LogP contribution in [0.25, 0.3) is 22.2 Å². The van der Waals surface area contributed by atoms with E-state index in [1.165, 1.54) is 6.20 Å². The number of ether oxygens (including phenoxy) is 1. The Bertz CT molecular complexity index is 725. The van der Waals surface area contributed by atoms with E-state index in [0.29, 0.717) is 17.4 Å². The molecule has 5 heteroatoms. The molecule has 0 aliphatic heterocycles. The first kappa shape index (κ1) is 11.4. The predicted octanol–water partition coefficient (Wildman–Crippen LogP) is 2.28. The molecule has 3 aromatic rings. The van der Waals surface area contributed by atoms with Crippen LogP contribution in [0.4, 0.5) is 5.82 Å². The van der Waals surface area contributed by atoms with Crippen LogP contribution >= 0.6 is 0 Å². The van der Waals surface area contributed by atoms with E-state index in [9.17, 15) is 0 Å². The lowest BCUT2D eigenvalue weighted by molar-refractivity contribution is 0.401. The van der Waals surface area contributed by atoms with E-state index in [4.69, 9.17) is 10.5 Å². The Morgan fingerprint density at radius 2 is 1.95 bits per heavy atom. The fourth-order valence-electron chi connectivity index (χ4n) is 1.91. The number of aromatic nitrogens is 3. The van der Waals surface area contributed by atoms with Gasteiger partial charge in [0.15, 0.2) is 0 Å². The molecule has 3 rings (SSSR count). The lowest BCUT2D eigenvalue weighted by atomic mass is 10.1. The second kappa shape index (κ2) is 4.53. The van der Waals surface area contributed by atoms with Gasteiger partial charge in [0, 0.05) is 5.39 Å². The van der Waals surface area contributed by atoms with Crippen LogP contribution in [0.1, 0.15) is 0 Å². The van der Waals surface area contributed by atoms with Crippen molar-refractivity contribution < 1.29 is 4.74 Å². The molecule has 0 radical (unpaired) electrons. The highest BCUT2D eigenvalue weighted by atomic mass is 16.5. The first-order valence-corrected chi connectivity index (χ1v) is 5.79. The van der Waals surface area contributed by atoms with Crippen LogP contribution in [0.5, 0.6) is 5.88 Å². The minimum atomic E-state index is 0.386. The highest BCUT2D eigenvalue weighted by Crippen LogP contribution is 2.29. The van der Waals surface area contributed by atoms with Crippen LogP contribution < -0.4 is 10.5 Å². The van der Waals surface area contributed by atoms with Crippen molar-refractivity contribution >= 4 is 16.7 Å². The van der Waals surface area contributed by atoms with Gasteiger partial charge in [0.2, 0.25) is 5.88 Å². The zero-order chi connectivity index (χ0) is 13.2. The zero-order valence-electron chi connectivity index (χ0n) is 10.4. The summed E-state index contributed by atoms with van der Waals surface area (Å²) in [6.45, 7) is 0. The lowest BCUT2D eigenvalue weighted by Gasteiger charge is -2.08. The quantitative estimate of drug-likeness (QED) is 0.757. The zero-order valence-corrected chi connectivity index (χ0v) is 10.4. The number of hydrogen-bond donors (Lipinski definition) is 1. The molecule has 2 heterocycles. The summed E-state index contributed by atoms with van der Waals surface area (Å²) >= 11 is 0. The molecular formula is C14H12N4O. The number of methoxy groups -OCH3 is 1. The van der Waals surface area contributed by atoms with Gasteiger partial charge < -0.3 is 10.5 Å². The summed E-state index contributed by atoms with van der Waals surface area (Å²) in [5.74, 6) is 0.911. The third kappa shape index (κ3) is 2.06. The SMILES string of the molecule is COc1nc2ccccc2cc1-c1cnc(N)cn1. The van der Waals surface area contributed by atoms with Crippen LogP contribution in [0.2, 0.25) is 0 Å². The Kier molecular flexibility index (Phi) is 2.72. The van der Waals surface area contributed by atoms with Gasteiger partial charge in [-0.15, -0.1) is 0 Å². The van der Waals surface area contributed by atoms with Gasteiger partial charge in [0.05, 0.1) is 36.3 Å². The molecule has 1 aromatic carbocycles. The van der Waals surface area contributed by atoms with E-state index < -0.39 is 0 Å². The summed E-state index contributed by atoms with van der Waals surface area (Å²) in [5, 5.41) is 1.02. The van der Waals surface area contributed by atoms with Gasteiger partial charge in [0.1, 0.15) is 5.82 Å². The van der Waals surface area contributed by atoms with Crippen molar-refractivity contribution in [2.45, 2.75) is 0 Å². The minimum Gasteiger partial charge on any atom is -0.480 e. The third-order valence-corrected chi connectivity index (χ3v) is 2.83. The molecule has 2 aromatic heterocycles. The van der Waals surface area contributed by atoms with Crippen molar-refractivity contribution in [3.8, 4) is 17.1 Å². The van der Waals surface area contributed by atoms with Gasteiger partial charge in [-0.25, -0.2) is 9.97 Å². The molecule has 0 spiro atoms. The van der Waals surface area contributed by atoms with E-state index in [-0.39, 0.29) is 0 Å². The monoisotopic (exact) mass is 252 g/mol. The minimum absolute atomic E-state index is 0.386. The number of benzene rings is 1. The van der Waals surface area contributed by atoms with Crippen molar-refractivity contribution in [1.82, 2.24) is 15.0 Å². The Morgan fingerprint density at radius 3 is 2.68 bits per heavy atom. The summed E-state index contributed by atoms with van der Waals surface area (Å²) in [7, 11) is 1.59. The molecule has 0 amide bonds. The number of rotatable bonds is 2. The molecule has 0 atom stereocenters. The normalized spacial score (nSPS) is 10.6. The maximum absolute atomic E-state index is 5.55. The van der Waals surface area contributed by atoms with Crippen molar-refractivity contribution in [3.63, 3.8) is 0 Å². The average Bonchev–Trinajstić information content (AvgIpc) is 2.46. The number of pyridine rings is 1. The van der Waals surface area contributed by atoms with Gasteiger partial charge in [-0.2, -0.15) is 0 Å². The maximum atomic E-state index is 5.55. The third-order valence-electron chi connectivity index (χ3n) is 2.83. The molecule has 0 bridgehead atoms. The molecule has 0 aliphatic rings. The lowest BCUT2D eigenvalue weighted by Crippen LogP contribution is -1.96. The molecule has 19 heavy (non-hydrogen) atoms. The number of para-hydroxylation sites is 1. The molecule has 5 nitrogen and oxygen atoms in total. The van der Waals surface area contributed by atoms with E-state index in [1.807, 2.05) is 30.3 Å². The number of nitrogens with zero attached hydrogens (tertiary/aromatic N) is 3. The molecule has 0 unspecified atom stereocenters. The summed E-state index contributed by atoms with van der Waals surface area (Å²) in [4.78, 5) is 12.8. The molecule has 0 saturated heterocycles. The van der Waals surface area contributed by atoms with Crippen LogP contribution in [-0.4, -0.2) is 22.1 Å². The van der Waals surface area contributed by atoms with Gasteiger partial charge in [-0.3, -0.25) is 4.98 Å². The fourth-order valence-corrected chi connectivity index (χ4v) is 1.91. The first-order chi connectivity index (χ1) is 9.28. The van der Waals surface area contributed by atoms with Crippen LogP contribution in [0, 0.1) is 0 Å². The van der Waals surface area contributed by atoms with Gasteiger partial charge in [-0.1, -0.05) is 18.2 Å². The number of fused-ring (bicyclic) bond motifs is 1. The maximum Gasteiger partial charge on any atom is 0.223 e. The molecule has 0 fully saturated rings. The number of nitrogen functional groups attached to an aromatic ring is 1. The summed E-state index contributed by atoms with van der Waals surface area (Å²) in [5.41, 5.74) is 7.91. The summed E-state index contributed by atoms with van der Waals surface area (Å²) in [6, 6.07) is 9.83. The van der Waals surface area contributed by atoms with Crippen LogP contribution in [-0.2, 0) is 0 Å². The van der Waals surface area contributed by atoms with Gasteiger partial charge >= 0.3 is 0 Å². The Balaban J connectivity index is 2.23. The van der Waals surface area contributed by atoms with Crippen molar-refractivity contribution in [3.05, 3.63) is 42.7 Å². The second-order valence-corrected chi connectivity index (χ2v) is 4.06. The Hall–Kier alpha value is -2.69. The Labute approximate surface area is 110 Å². The standard InChI is InChI=1S/C14H12N4O/c1-19-14-10(12-7-17-13(15)8-16-12)6-9-4-2-3-5-11(9)18-14/h2-8H,1H3,(H2,15,17). The van der Waals surface area contributed by atoms with Crippen LogP contribution in [0.3, 0.4) is 0 Å². The van der Waals surface area contributed by atoms with Crippen molar-refractivity contribution in [2.75, 3.05) is 12.8 Å². The fraction of sp³-hybridized carbons (Fsp3) is 0.0714. The molecule has 0 saturated carbocycles. The second-order valence-electron chi connectivity index (χ2n) is 4.06. The summed E-state index contributed by atoms with van der Waals surface area (Å²) < 4.78 is 5.33. The first-order valence-electron chi connectivity index (χ1n) is 5.79. The molecule has 94 valence electrons. The van der Waals surface area contributed by atoms with E-state index in [0.717, 1.165) is 16.5 Å². The van der Waals surface area contributed by atoms with Crippen molar-refractivity contribution in [1.29, 1.82) is 0 Å². The summed E-state index contributed by atoms with van der Waals surface area (Å²) in [6.07, 6.45) is 3.13. The highest BCUT2D eigenvalue weighted by molar-refractivity contribution is 5.85. The van der Waals surface area contributed by atoms with Crippen LogP contribution in [0.15, 0.2) is 42.7 Å². The molecule has 0 aliphatic carbocycles. The van der Waals surface area contributed by atoms with E-state index in [2.05, 4.69) is 15.0 Å².